The first-order chi connectivity index (χ1) is 9.56. The molecule has 0 saturated carbocycles. The molecule has 0 radical (unpaired) electrons. The van der Waals surface area contributed by atoms with Crippen molar-refractivity contribution >= 4 is 5.97 Å². The van der Waals surface area contributed by atoms with Gasteiger partial charge in [0.25, 0.3) is 0 Å². The summed E-state index contributed by atoms with van der Waals surface area (Å²) in [5.74, 6) is -0.917. The number of hydrogen-bond donors (Lipinski definition) is 1. The SMILES string of the molecule is C=C(CCc1cccc(-c2ccc(C)cc2)c1)C(=O)O. The highest BCUT2D eigenvalue weighted by molar-refractivity contribution is 5.85. The maximum Gasteiger partial charge on any atom is 0.330 e. The molecule has 0 amide bonds. The molecule has 0 fully saturated rings. The third-order valence-electron chi connectivity index (χ3n) is 3.33. The van der Waals surface area contributed by atoms with Crippen LogP contribution in [0.3, 0.4) is 0 Å². The summed E-state index contributed by atoms with van der Waals surface area (Å²) in [5.41, 5.74) is 4.96. The van der Waals surface area contributed by atoms with Crippen LogP contribution in [-0.4, -0.2) is 11.1 Å². The second-order valence-electron chi connectivity index (χ2n) is 4.98. The number of aryl methyl sites for hydroxylation is 2. The lowest BCUT2D eigenvalue weighted by Crippen LogP contribution is -2.00. The smallest absolute Gasteiger partial charge is 0.330 e. The van der Waals surface area contributed by atoms with Gasteiger partial charge >= 0.3 is 5.97 Å². The molecule has 0 aliphatic rings. The Morgan fingerprint density at radius 3 is 2.45 bits per heavy atom. The summed E-state index contributed by atoms with van der Waals surface area (Å²) in [5, 5.41) is 8.82. The summed E-state index contributed by atoms with van der Waals surface area (Å²) in [6.45, 7) is 5.63. The predicted molar refractivity (Wildman–Crippen MR) is 81.7 cm³/mol. The molecular formula is C18H18O2. The van der Waals surface area contributed by atoms with E-state index in [4.69, 9.17) is 5.11 Å². The van der Waals surface area contributed by atoms with Crippen LogP contribution in [0.15, 0.2) is 60.7 Å². The van der Waals surface area contributed by atoms with Gasteiger partial charge in [0.1, 0.15) is 0 Å². The molecule has 1 N–H and O–H groups in total. The summed E-state index contributed by atoms with van der Waals surface area (Å²) < 4.78 is 0. The van der Waals surface area contributed by atoms with Gasteiger partial charge in [-0.1, -0.05) is 60.7 Å². The third kappa shape index (κ3) is 3.58. The van der Waals surface area contributed by atoms with E-state index in [1.54, 1.807) is 0 Å². The van der Waals surface area contributed by atoms with E-state index < -0.39 is 5.97 Å². The van der Waals surface area contributed by atoms with E-state index in [2.05, 4.69) is 49.9 Å². The summed E-state index contributed by atoms with van der Waals surface area (Å²) in [4.78, 5) is 10.7. The Hall–Kier alpha value is -2.35. The number of carbonyl (C=O) groups is 1. The molecule has 2 nitrogen and oxygen atoms in total. The van der Waals surface area contributed by atoms with Gasteiger partial charge in [-0.15, -0.1) is 0 Å². The molecule has 0 heterocycles. The van der Waals surface area contributed by atoms with Gasteiger partial charge in [0, 0.05) is 5.57 Å². The zero-order valence-electron chi connectivity index (χ0n) is 11.6. The Labute approximate surface area is 119 Å². The van der Waals surface area contributed by atoms with Crippen LogP contribution in [0.1, 0.15) is 17.5 Å². The van der Waals surface area contributed by atoms with Gasteiger partial charge in [0.15, 0.2) is 0 Å². The quantitative estimate of drug-likeness (QED) is 0.822. The molecule has 20 heavy (non-hydrogen) atoms. The molecular weight excluding hydrogens is 248 g/mol. The predicted octanol–water partition coefficient (Wildman–Crippen LogP) is 4.24. The first kappa shape index (κ1) is 14.1. The van der Waals surface area contributed by atoms with E-state index in [9.17, 15) is 4.79 Å². The summed E-state index contributed by atoms with van der Waals surface area (Å²) in [6, 6.07) is 16.6. The number of aliphatic carboxylic acids is 1. The standard InChI is InChI=1S/C18H18O2/c1-13-6-10-16(11-7-13)17-5-3-4-15(12-17)9-8-14(2)18(19)20/h3-7,10-12H,2,8-9H2,1H3,(H,19,20). The monoisotopic (exact) mass is 266 g/mol. The zero-order chi connectivity index (χ0) is 14.5. The normalized spacial score (nSPS) is 10.2. The Morgan fingerprint density at radius 2 is 1.80 bits per heavy atom. The topological polar surface area (TPSA) is 37.3 Å². The minimum Gasteiger partial charge on any atom is -0.478 e. The molecule has 0 saturated heterocycles. The molecule has 102 valence electrons. The van der Waals surface area contributed by atoms with E-state index in [-0.39, 0.29) is 5.57 Å². The van der Waals surface area contributed by atoms with Crippen molar-refractivity contribution in [1.82, 2.24) is 0 Å². The molecule has 0 bridgehead atoms. The fraction of sp³-hybridized carbons (Fsp3) is 0.167. The summed E-state index contributed by atoms with van der Waals surface area (Å²) >= 11 is 0. The molecule has 0 aromatic heterocycles. The van der Waals surface area contributed by atoms with E-state index in [1.165, 1.54) is 11.1 Å². The average Bonchev–Trinajstić information content (AvgIpc) is 2.45. The van der Waals surface area contributed by atoms with Gasteiger partial charge in [-0.25, -0.2) is 4.79 Å². The van der Waals surface area contributed by atoms with Crippen LogP contribution in [0, 0.1) is 6.92 Å². The minimum absolute atomic E-state index is 0.255. The van der Waals surface area contributed by atoms with Gasteiger partial charge in [-0.2, -0.15) is 0 Å². The van der Waals surface area contributed by atoms with Crippen molar-refractivity contribution in [3.05, 3.63) is 71.8 Å². The lowest BCUT2D eigenvalue weighted by Gasteiger charge is -2.06. The maximum absolute atomic E-state index is 10.7. The molecule has 0 aliphatic heterocycles. The highest BCUT2D eigenvalue weighted by Gasteiger charge is 2.05. The van der Waals surface area contributed by atoms with Crippen molar-refractivity contribution in [2.75, 3.05) is 0 Å². The van der Waals surface area contributed by atoms with Gasteiger partial charge in [0.2, 0.25) is 0 Å². The number of hydrogen-bond acceptors (Lipinski definition) is 1. The molecule has 0 aliphatic carbocycles. The highest BCUT2D eigenvalue weighted by atomic mass is 16.4. The van der Waals surface area contributed by atoms with Crippen molar-refractivity contribution in [3.63, 3.8) is 0 Å². The number of rotatable bonds is 5. The van der Waals surface area contributed by atoms with Crippen molar-refractivity contribution in [2.24, 2.45) is 0 Å². The van der Waals surface area contributed by atoms with Crippen LogP contribution in [0.4, 0.5) is 0 Å². The van der Waals surface area contributed by atoms with Crippen molar-refractivity contribution in [3.8, 4) is 11.1 Å². The summed E-state index contributed by atoms with van der Waals surface area (Å²) in [6.07, 6.45) is 1.18. The first-order valence-electron chi connectivity index (χ1n) is 6.63. The highest BCUT2D eigenvalue weighted by Crippen LogP contribution is 2.22. The fourth-order valence-electron chi connectivity index (χ4n) is 2.05. The van der Waals surface area contributed by atoms with Crippen molar-refractivity contribution in [1.29, 1.82) is 0 Å². The van der Waals surface area contributed by atoms with Gasteiger partial charge in [-0.3, -0.25) is 0 Å². The molecule has 2 heteroatoms. The van der Waals surface area contributed by atoms with Crippen LogP contribution < -0.4 is 0 Å². The fourth-order valence-corrected chi connectivity index (χ4v) is 2.05. The van der Waals surface area contributed by atoms with Crippen molar-refractivity contribution < 1.29 is 9.90 Å². The van der Waals surface area contributed by atoms with Gasteiger partial charge < -0.3 is 5.11 Å². The third-order valence-corrected chi connectivity index (χ3v) is 3.33. The second kappa shape index (κ2) is 6.20. The van der Waals surface area contributed by atoms with Crippen LogP contribution >= 0.6 is 0 Å². The number of carboxylic acids is 1. The largest absolute Gasteiger partial charge is 0.478 e. The first-order valence-corrected chi connectivity index (χ1v) is 6.63. The minimum atomic E-state index is -0.917. The Balaban J connectivity index is 2.14. The number of carboxylic acid groups (broad SMARTS) is 1. The van der Waals surface area contributed by atoms with Crippen molar-refractivity contribution in [2.45, 2.75) is 19.8 Å². The average molecular weight is 266 g/mol. The molecule has 0 atom stereocenters. The second-order valence-corrected chi connectivity index (χ2v) is 4.98. The van der Waals surface area contributed by atoms with Crippen LogP contribution in [0.5, 0.6) is 0 Å². The van der Waals surface area contributed by atoms with Crippen LogP contribution in [-0.2, 0) is 11.2 Å². The van der Waals surface area contributed by atoms with E-state index >= 15 is 0 Å². The zero-order valence-corrected chi connectivity index (χ0v) is 11.6. The molecule has 2 aromatic rings. The van der Waals surface area contributed by atoms with Gasteiger partial charge in [-0.05, 0) is 36.5 Å². The molecule has 2 aromatic carbocycles. The Kier molecular flexibility index (Phi) is 4.36. The Morgan fingerprint density at radius 1 is 1.10 bits per heavy atom. The lowest BCUT2D eigenvalue weighted by molar-refractivity contribution is -0.132. The molecule has 0 unspecified atom stereocenters. The lowest BCUT2D eigenvalue weighted by atomic mass is 9.99. The van der Waals surface area contributed by atoms with E-state index in [1.807, 2.05) is 12.1 Å². The maximum atomic E-state index is 10.7. The summed E-state index contributed by atoms with van der Waals surface area (Å²) in [7, 11) is 0. The van der Waals surface area contributed by atoms with Gasteiger partial charge in [0.05, 0.1) is 0 Å². The van der Waals surface area contributed by atoms with E-state index in [0.717, 1.165) is 11.1 Å². The van der Waals surface area contributed by atoms with Crippen LogP contribution in [0.2, 0.25) is 0 Å². The number of benzene rings is 2. The Bertz CT molecular complexity index is 624. The van der Waals surface area contributed by atoms with Crippen LogP contribution in [0.25, 0.3) is 11.1 Å². The molecule has 0 spiro atoms. The van der Waals surface area contributed by atoms with E-state index in [0.29, 0.717) is 12.8 Å². The molecule has 2 rings (SSSR count).